The Labute approximate surface area is 132 Å². The number of carbonyl (C=O) groups is 1. The summed E-state index contributed by atoms with van der Waals surface area (Å²) in [5, 5.41) is 4.46. The molecule has 0 radical (unpaired) electrons. The summed E-state index contributed by atoms with van der Waals surface area (Å²) in [6.45, 7) is 0. The molecule has 0 saturated carbocycles. The molecule has 1 amide bonds. The number of halogens is 1. The van der Waals surface area contributed by atoms with Crippen LogP contribution in [0.25, 0.3) is 11.4 Å². The number of nitrogens with one attached hydrogen (secondary N) is 1. The highest BCUT2D eigenvalue weighted by Gasteiger charge is 2.11. The summed E-state index contributed by atoms with van der Waals surface area (Å²) in [5.41, 5.74) is 0.772. The maximum atomic E-state index is 11.3. The van der Waals surface area contributed by atoms with Gasteiger partial charge in [0.15, 0.2) is 0 Å². The van der Waals surface area contributed by atoms with Crippen LogP contribution in [0.2, 0.25) is 5.02 Å². The molecule has 2 aromatic rings. The number of nitrogens with zero attached hydrogens (tertiary/aromatic N) is 2. The topological polar surface area (TPSA) is 102 Å². The fourth-order valence-electron chi connectivity index (χ4n) is 1.73. The fraction of sp³-hybridized carbons (Fsp3) is 0.308. The van der Waals surface area contributed by atoms with Crippen LogP contribution in [0.15, 0.2) is 28.8 Å². The predicted octanol–water partition coefficient (Wildman–Crippen LogP) is 1.79. The van der Waals surface area contributed by atoms with Crippen molar-refractivity contribution in [3.05, 3.63) is 35.2 Å². The Kier molecular flexibility index (Phi) is 5.15. The van der Waals surface area contributed by atoms with Crippen LogP contribution in [-0.4, -0.2) is 30.7 Å². The van der Waals surface area contributed by atoms with Crippen molar-refractivity contribution in [2.45, 2.75) is 19.3 Å². The van der Waals surface area contributed by atoms with Gasteiger partial charge in [0.05, 0.1) is 6.26 Å². The quantitative estimate of drug-likeness (QED) is 0.857. The summed E-state index contributed by atoms with van der Waals surface area (Å²) < 4.78 is 28.7. The predicted molar refractivity (Wildman–Crippen MR) is 80.7 cm³/mol. The first-order valence-corrected chi connectivity index (χ1v) is 8.69. The molecule has 0 unspecified atom stereocenters. The fourth-order valence-corrected chi connectivity index (χ4v) is 2.37. The second-order valence-electron chi connectivity index (χ2n) is 4.67. The average Bonchev–Trinajstić information content (AvgIpc) is 2.86. The summed E-state index contributed by atoms with van der Waals surface area (Å²) >= 11 is 5.80. The lowest BCUT2D eigenvalue weighted by Gasteiger charge is -2.00. The van der Waals surface area contributed by atoms with Crippen molar-refractivity contribution in [1.82, 2.24) is 14.9 Å². The van der Waals surface area contributed by atoms with E-state index in [0.29, 0.717) is 29.6 Å². The zero-order valence-electron chi connectivity index (χ0n) is 11.7. The summed E-state index contributed by atoms with van der Waals surface area (Å²) in [7, 11) is -3.52. The van der Waals surface area contributed by atoms with Gasteiger partial charge in [0.1, 0.15) is 0 Å². The van der Waals surface area contributed by atoms with Gasteiger partial charge in [-0.15, -0.1) is 0 Å². The molecule has 0 bridgehead atoms. The Morgan fingerprint density at radius 3 is 2.64 bits per heavy atom. The number of aromatic nitrogens is 2. The minimum atomic E-state index is -3.52. The second kappa shape index (κ2) is 6.89. The molecule has 7 nitrogen and oxygen atoms in total. The molecule has 0 aliphatic heterocycles. The van der Waals surface area contributed by atoms with Gasteiger partial charge in [-0.05, 0) is 30.7 Å². The van der Waals surface area contributed by atoms with E-state index in [1.807, 2.05) is 4.72 Å². The van der Waals surface area contributed by atoms with E-state index < -0.39 is 15.9 Å². The van der Waals surface area contributed by atoms with Gasteiger partial charge < -0.3 is 4.52 Å². The van der Waals surface area contributed by atoms with Crippen molar-refractivity contribution >= 4 is 27.5 Å². The molecule has 2 rings (SSSR count). The lowest BCUT2D eigenvalue weighted by molar-refractivity contribution is -0.119. The van der Waals surface area contributed by atoms with E-state index in [9.17, 15) is 13.2 Å². The number of benzene rings is 1. The summed E-state index contributed by atoms with van der Waals surface area (Å²) in [6.07, 6.45) is 1.79. The Bertz CT molecular complexity index is 756. The summed E-state index contributed by atoms with van der Waals surface area (Å²) in [4.78, 5) is 15.5. The average molecular weight is 344 g/mol. The molecule has 0 aliphatic rings. The summed E-state index contributed by atoms with van der Waals surface area (Å²) in [6, 6.07) is 7.00. The van der Waals surface area contributed by atoms with E-state index in [1.165, 1.54) is 0 Å². The van der Waals surface area contributed by atoms with Crippen LogP contribution in [0.1, 0.15) is 18.7 Å². The highest BCUT2D eigenvalue weighted by atomic mass is 35.5. The van der Waals surface area contributed by atoms with Crippen LogP contribution >= 0.6 is 11.6 Å². The van der Waals surface area contributed by atoms with Crippen molar-refractivity contribution in [2.24, 2.45) is 0 Å². The molecule has 118 valence electrons. The summed E-state index contributed by atoms with van der Waals surface area (Å²) in [5.74, 6) is 0.268. The molecule has 1 heterocycles. The number of carbonyl (C=O) groups excluding carboxylic acids is 1. The molecule has 1 aromatic carbocycles. The maximum Gasteiger partial charge on any atom is 0.233 e. The van der Waals surface area contributed by atoms with Gasteiger partial charge in [0.25, 0.3) is 0 Å². The smallest absolute Gasteiger partial charge is 0.233 e. The van der Waals surface area contributed by atoms with Crippen molar-refractivity contribution in [3.8, 4) is 11.4 Å². The lowest BCUT2D eigenvalue weighted by Crippen LogP contribution is -2.29. The lowest BCUT2D eigenvalue weighted by atomic mass is 10.2. The van der Waals surface area contributed by atoms with Crippen molar-refractivity contribution < 1.29 is 17.7 Å². The van der Waals surface area contributed by atoms with E-state index in [1.54, 1.807) is 24.3 Å². The van der Waals surface area contributed by atoms with Crippen LogP contribution in [0.5, 0.6) is 0 Å². The number of sulfonamides is 1. The third-order valence-corrected chi connectivity index (χ3v) is 3.51. The number of amides is 1. The Balaban J connectivity index is 1.87. The highest BCUT2D eigenvalue weighted by molar-refractivity contribution is 7.89. The van der Waals surface area contributed by atoms with Crippen molar-refractivity contribution in [3.63, 3.8) is 0 Å². The van der Waals surface area contributed by atoms with Gasteiger partial charge in [-0.25, -0.2) is 8.42 Å². The highest BCUT2D eigenvalue weighted by Crippen LogP contribution is 2.19. The van der Waals surface area contributed by atoms with Crippen LogP contribution in [0, 0.1) is 0 Å². The molecular formula is C13H14ClN3O4S. The molecule has 22 heavy (non-hydrogen) atoms. The number of rotatable bonds is 6. The second-order valence-corrected chi connectivity index (χ2v) is 6.85. The first-order valence-electron chi connectivity index (χ1n) is 6.42. The van der Waals surface area contributed by atoms with Gasteiger partial charge in [0.2, 0.25) is 27.6 Å². The largest absolute Gasteiger partial charge is 0.339 e. The zero-order chi connectivity index (χ0) is 16.2. The van der Waals surface area contributed by atoms with Crippen LogP contribution < -0.4 is 4.72 Å². The molecular weight excluding hydrogens is 330 g/mol. The Hall–Kier alpha value is -1.93. The standard InChI is InChI=1S/C13H14ClN3O4S/c1-22(19,20)17-11(18)3-2-4-12-15-13(16-21-12)9-5-7-10(14)8-6-9/h5-8H,2-4H2,1H3,(H,17,18). The van der Waals surface area contributed by atoms with E-state index in [0.717, 1.165) is 11.8 Å². The molecule has 0 fully saturated rings. The van der Waals surface area contributed by atoms with Gasteiger partial charge in [0, 0.05) is 23.4 Å². The number of hydrogen-bond acceptors (Lipinski definition) is 6. The maximum absolute atomic E-state index is 11.3. The third-order valence-electron chi connectivity index (χ3n) is 2.66. The van der Waals surface area contributed by atoms with E-state index in [-0.39, 0.29) is 6.42 Å². The monoisotopic (exact) mass is 343 g/mol. The third kappa shape index (κ3) is 5.12. The molecule has 0 spiro atoms. The van der Waals surface area contributed by atoms with Crippen molar-refractivity contribution in [1.29, 1.82) is 0 Å². The minimum Gasteiger partial charge on any atom is -0.339 e. The van der Waals surface area contributed by atoms with E-state index >= 15 is 0 Å². The molecule has 0 saturated heterocycles. The molecule has 0 aliphatic carbocycles. The Morgan fingerprint density at radius 1 is 1.32 bits per heavy atom. The van der Waals surface area contributed by atoms with Crippen LogP contribution in [-0.2, 0) is 21.2 Å². The van der Waals surface area contributed by atoms with Gasteiger partial charge in [-0.2, -0.15) is 4.98 Å². The SMILES string of the molecule is CS(=O)(=O)NC(=O)CCCc1nc(-c2ccc(Cl)cc2)no1. The van der Waals surface area contributed by atoms with Gasteiger partial charge in [-0.1, -0.05) is 16.8 Å². The van der Waals surface area contributed by atoms with Gasteiger partial charge >= 0.3 is 0 Å². The number of hydrogen-bond donors (Lipinski definition) is 1. The minimum absolute atomic E-state index is 0.0612. The first-order chi connectivity index (χ1) is 10.3. The first kappa shape index (κ1) is 16.4. The molecule has 1 aromatic heterocycles. The normalized spacial score (nSPS) is 11.4. The number of aryl methyl sites for hydroxylation is 1. The molecule has 9 heteroatoms. The van der Waals surface area contributed by atoms with E-state index in [4.69, 9.17) is 16.1 Å². The van der Waals surface area contributed by atoms with Crippen molar-refractivity contribution in [2.75, 3.05) is 6.26 Å². The van der Waals surface area contributed by atoms with Crippen LogP contribution in [0.3, 0.4) is 0 Å². The Morgan fingerprint density at radius 2 is 2.00 bits per heavy atom. The molecule has 0 atom stereocenters. The zero-order valence-corrected chi connectivity index (χ0v) is 13.3. The van der Waals surface area contributed by atoms with Crippen LogP contribution in [0.4, 0.5) is 0 Å². The van der Waals surface area contributed by atoms with Gasteiger partial charge in [-0.3, -0.25) is 9.52 Å². The van der Waals surface area contributed by atoms with E-state index in [2.05, 4.69) is 10.1 Å². The molecule has 1 N–H and O–H groups in total.